The molecule has 0 bridgehead atoms. The van der Waals surface area contributed by atoms with Gasteiger partial charge in [0.05, 0.1) is 6.61 Å². The van der Waals surface area contributed by atoms with E-state index in [2.05, 4.69) is 15.0 Å². The fourth-order valence-electron chi connectivity index (χ4n) is 1.11. The number of rotatable bonds is 4. The van der Waals surface area contributed by atoms with Crippen molar-refractivity contribution in [1.29, 1.82) is 0 Å². The van der Waals surface area contributed by atoms with Gasteiger partial charge < -0.3 is 5.11 Å². The van der Waals surface area contributed by atoms with E-state index in [1.807, 2.05) is 13.2 Å². The first-order chi connectivity index (χ1) is 7.74. The Hall–Kier alpha value is -0.370. The number of aliphatic hydroxyl groups is 1. The molecule has 0 aliphatic heterocycles. The van der Waals surface area contributed by atoms with Gasteiger partial charge in [0.1, 0.15) is 16.1 Å². The first kappa shape index (κ1) is 12.1. The van der Waals surface area contributed by atoms with E-state index in [1.54, 1.807) is 34.9 Å². The fraction of sp³-hybridized carbons (Fsp3) is 0.444. The molecule has 0 amide bonds. The van der Waals surface area contributed by atoms with Crippen molar-refractivity contribution in [2.24, 2.45) is 0 Å². The van der Waals surface area contributed by atoms with Crippen molar-refractivity contribution >= 4 is 45.2 Å². The number of aromatic nitrogens is 3. The van der Waals surface area contributed by atoms with Gasteiger partial charge in [-0.05, 0) is 6.26 Å². The standard InChI is InChI=1S/C9H11N3OS3/c1-5(3-13)15-8-6-7(10-4-11-8)12-9(14-2)16-6/h4-5,13H,3H2,1-2H3. The molecular weight excluding hydrogens is 262 g/mol. The summed E-state index contributed by atoms with van der Waals surface area (Å²) < 4.78 is 2.01. The van der Waals surface area contributed by atoms with Crippen molar-refractivity contribution in [3.63, 3.8) is 0 Å². The van der Waals surface area contributed by atoms with E-state index in [9.17, 15) is 0 Å². The maximum Gasteiger partial charge on any atom is 0.175 e. The van der Waals surface area contributed by atoms with Crippen LogP contribution in [0.1, 0.15) is 6.92 Å². The summed E-state index contributed by atoms with van der Waals surface area (Å²) in [7, 11) is 0. The van der Waals surface area contributed by atoms with Gasteiger partial charge in [0.15, 0.2) is 9.99 Å². The van der Waals surface area contributed by atoms with Gasteiger partial charge in [-0.25, -0.2) is 15.0 Å². The zero-order chi connectivity index (χ0) is 11.5. The molecule has 16 heavy (non-hydrogen) atoms. The van der Waals surface area contributed by atoms with Gasteiger partial charge >= 0.3 is 0 Å². The van der Waals surface area contributed by atoms with E-state index in [0.717, 1.165) is 19.7 Å². The predicted octanol–water partition coefficient (Wildman–Crippen LogP) is 2.28. The van der Waals surface area contributed by atoms with Crippen molar-refractivity contribution in [1.82, 2.24) is 15.0 Å². The van der Waals surface area contributed by atoms with Crippen LogP contribution in [0.2, 0.25) is 0 Å². The summed E-state index contributed by atoms with van der Waals surface area (Å²) in [6.07, 6.45) is 3.52. The predicted molar refractivity (Wildman–Crippen MR) is 69.4 cm³/mol. The first-order valence-electron chi connectivity index (χ1n) is 4.67. The van der Waals surface area contributed by atoms with E-state index in [-0.39, 0.29) is 11.9 Å². The second-order valence-electron chi connectivity index (χ2n) is 3.13. The number of thiazole rings is 1. The molecule has 0 aliphatic rings. The molecule has 0 spiro atoms. The molecule has 0 fully saturated rings. The highest BCUT2D eigenvalue weighted by atomic mass is 32.2. The molecule has 2 aromatic heterocycles. The Morgan fingerprint density at radius 1 is 1.50 bits per heavy atom. The third kappa shape index (κ3) is 2.48. The minimum absolute atomic E-state index is 0.137. The van der Waals surface area contributed by atoms with Gasteiger partial charge in [0, 0.05) is 5.25 Å². The molecule has 0 radical (unpaired) electrons. The summed E-state index contributed by atoms with van der Waals surface area (Å²) in [6.45, 7) is 2.11. The van der Waals surface area contributed by atoms with Crippen LogP contribution < -0.4 is 0 Å². The zero-order valence-corrected chi connectivity index (χ0v) is 11.3. The summed E-state index contributed by atoms with van der Waals surface area (Å²) in [5.74, 6) is 0. The highest BCUT2D eigenvalue weighted by molar-refractivity contribution is 8.01. The van der Waals surface area contributed by atoms with E-state index in [4.69, 9.17) is 5.11 Å². The Labute approximate surface area is 106 Å². The third-order valence-electron chi connectivity index (χ3n) is 1.88. The lowest BCUT2D eigenvalue weighted by molar-refractivity contribution is 0.300. The lowest BCUT2D eigenvalue weighted by atomic mass is 10.5. The van der Waals surface area contributed by atoms with Gasteiger partial charge in [-0.15, -0.1) is 11.3 Å². The van der Waals surface area contributed by atoms with Crippen molar-refractivity contribution < 1.29 is 5.11 Å². The lowest BCUT2D eigenvalue weighted by Crippen LogP contribution is -2.02. The van der Waals surface area contributed by atoms with Crippen LogP contribution in [0.5, 0.6) is 0 Å². The Bertz CT molecular complexity index is 488. The number of hydrogen-bond acceptors (Lipinski definition) is 7. The van der Waals surface area contributed by atoms with E-state index >= 15 is 0 Å². The molecule has 2 aromatic rings. The maximum atomic E-state index is 9.04. The molecule has 0 aliphatic carbocycles. The largest absolute Gasteiger partial charge is 0.395 e. The number of aliphatic hydroxyl groups excluding tert-OH is 1. The van der Waals surface area contributed by atoms with Gasteiger partial charge in [0.2, 0.25) is 0 Å². The van der Waals surface area contributed by atoms with Gasteiger partial charge in [-0.2, -0.15) is 0 Å². The highest BCUT2D eigenvalue weighted by Gasteiger charge is 2.12. The molecule has 4 nitrogen and oxygen atoms in total. The molecule has 0 aromatic carbocycles. The first-order valence-corrected chi connectivity index (χ1v) is 7.59. The number of hydrogen-bond donors (Lipinski definition) is 1. The van der Waals surface area contributed by atoms with Crippen LogP contribution in [-0.2, 0) is 0 Å². The Kier molecular flexibility index (Phi) is 4.01. The maximum absolute atomic E-state index is 9.04. The summed E-state index contributed by atoms with van der Waals surface area (Å²) in [6, 6.07) is 0. The summed E-state index contributed by atoms with van der Waals surface area (Å²) in [5, 5.41) is 10.1. The third-order valence-corrected chi connectivity index (χ3v) is 5.13. The summed E-state index contributed by atoms with van der Waals surface area (Å²) in [5.41, 5.74) is 0.747. The summed E-state index contributed by atoms with van der Waals surface area (Å²) in [4.78, 5) is 12.8. The Morgan fingerprint density at radius 2 is 2.31 bits per heavy atom. The number of fused-ring (bicyclic) bond motifs is 1. The van der Waals surface area contributed by atoms with Crippen molar-refractivity contribution in [3.05, 3.63) is 6.33 Å². The Morgan fingerprint density at radius 3 is 3.00 bits per heavy atom. The quantitative estimate of drug-likeness (QED) is 0.681. The lowest BCUT2D eigenvalue weighted by Gasteiger charge is -2.05. The van der Waals surface area contributed by atoms with Crippen LogP contribution in [0.3, 0.4) is 0 Å². The molecule has 86 valence electrons. The smallest absolute Gasteiger partial charge is 0.175 e. The number of nitrogens with zero attached hydrogens (tertiary/aromatic N) is 3. The van der Waals surface area contributed by atoms with Crippen LogP contribution in [0.25, 0.3) is 10.3 Å². The Balaban J connectivity index is 2.40. The molecule has 2 heterocycles. The van der Waals surface area contributed by atoms with Crippen molar-refractivity contribution in [2.75, 3.05) is 12.9 Å². The molecule has 1 N–H and O–H groups in total. The minimum Gasteiger partial charge on any atom is -0.395 e. The average Bonchev–Trinajstić information content (AvgIpc) is 2.73. The fourth-order valence-corrected chi connectivity index (χ4v) is 3.54. The van der Waals surface area contributed by atoms with Crippen LogP contribution in [0.15, 0.2) is 15.7 Å². The van der Waals surface area contributed by atoms with Gasteiger partial charge in [0.25, 0.3) is 0 Å². The van der Waals surface area contributed by atoms with Crippen LogP contribution in [0.4, 0.5) is 0 Å². The molecule has 1 unspecified atom stereocenters. The highest BCUT2D eigenvalue weighted by Crippen LogP contribution is 2.34. The normalized spacial score (nSPS) is 13.2. The van der Waals surface area contributed by atoms with E-state index < -0.39 is 0 Å². The number of thioether (sulfide) groups is 2. The van der Waals surface area contributed by atoms with Crippen LogP contribution in [-0.4, -0.2) is 38.2 Å². The minimum atomic E-state index is 0.137. The zero-order valence-electron chi connectivity index (χ0n) is 8.88. The second-order valence-corrected chi connectivity index (χ2v) is 6.61. The topological polar surface area (TPSA) is 58.9 Å². The van der Waals surface area contributed by atoms with Crippen molar-refractivity contribution in [3.8, 4) is 0 Å². The SMILES string of the molecule is CSc1nc2ncnc(SC(C)CO)c2s1. The van der Waals surface area contributed by atoms with Gasteiger partial charge in [-0.3, -0.25) is 0 Å². The molecule has 2 rings (SSSR count). The molecule has 0 saturated heterocycles. The van der Waals surface area contributed by atoms with E-state index in [0.29, 0.717) is 0 Å². The second kappa shape index (κ2) is 5.31. The van der Waals surface area contributed by atoms with E-state index in [1.165, 1.54) is 6.33 Å². The molecule has 7 heteroatoms. The average molecular weight is 273 g/mol. The van der Waals surface area contributed by atoms with Crippen LogP contribution in [0, 0.1) is 0 Å². The molecular formula is C9H11N3OS3. The van der Waals surface area contributed by atoms with Crippen LogP contribution >= 0.6 is 34.9 Å². The van der Waals surface area contributed by atoms with Crippen molar-refractivity contribution in [2.45, 2.75) is 21.5 Å². The van der Waals surface area contributed by atoms with Gasteiger partial charge in [-0.1, -0.05) is 30.4 Å². The molecule has 0 saturated carbocycles. The summed E-state index contributed by atoms with van der Waals surface area (Å²) >= 11 is 4.77. The molecule has 1 atom stereocenters. The monoisotopic (exact) mass is 273 g/mol.